The number of nitrogens with zero attached hydrogens (tertiary/aromatic N) is 3. The van der Waals surface area contributed by atoms with Gasteiger partial charge in [0.1, 0.15) is 12.0 Å². The molecule has 0 saturated carbocycles. The molecule has 1 aliphatic rings. The zero-order valence-corrected chi connectivity index (χ0v) is 14.4. The molecular weight excluding hydrogens is 318 g/mol. The Labute approximate surface area is 147 Å². The molecule has 0 radical (unpaired) electrons. The zero-order valence-electron chi connectivity index (χ0n) is 14.4. The molecule has 3 N–H and O–H groups in total. The highest BCUT2D eigenvalue weighted by molar-refractivity contribution is 5.77. The predicted octanol–water partition coefficient (Wildman–Crippen LogP) is 1.47. The average Bonchev–Trinajstić information content (AvgIpc) is 3.14. The third-order valence-corrected chi connectivity index (χ3v) is 4.04. The van der Waals surface area contributed by atoms with Crippen LogP contribution in [0.2, 0.25) is 0 Å². The number of ether oxygens (including phenoxy) is 1. The number of nitrogens with one attached hydrogen (secondary N) is 1. The minimum Gasteiger partial charge on any atom is -0.444 e. The number of morpholine rings is 1. The van der Waals surface area contributed by atoms with Crippen molar-refractivity contribution in [2.45, 2.75) is 13.0 Å². The summed E-state index contributed by atoms with van der Waals surface area (Å²) >= 11 is 0. The van der Waals surface area contributed by atoms with Gasteiger partial charge in [0.25, 0.3) is 0 Å². The predicted molar refractivity (Wildman–Crippen MR) is 97.1 cm³/mol. The molecule has 0 bridgehead atoms. The molecule has 1 saturated heterocycles. The van der Waals surface area contributed by atoms with Crippen LogP contribution < -0.4 is 11.1 Å². The maximum atomic E-state index is 5.91. The van der Waals surface area contributed by atoms with E-state index in [0.717, 1.165) is 57.1 Å². The van der Waals surface area contributed by atoms with Crippen molar-refractivity contribution in [3.8, 4) is 11.5 Å². The van der Waals surface area contributed by atoms with Crippen LogP contribution in [0.3, 0.4) is 0 Å². The minimum absolute atomic E-state index is 0.401. The van der Waals surface area contributed by atoms with Gasteiger partial charge in [0, 0.05) is 25.2 Å². The highest BCUT2D eigenvalue weighted by Crippen LogP contribution is 2.18. The van der Waals surface area contributed by atoms with Crippen LogP contribution in [0, 0.1) is 0 Å². The van der Waals surface area contributed by atoms with Crippen molar-refractivity contribution in [1.29, 1.82) is 0 Å². The highest BCUT2D eigenvalue weighted by Gasteiger charge is 2.09. The number of aromatic nitrogens is 1. The lowest BCUT2D eigenvalue weighted by molar-refractivity contribution is 0.0376. The number of nitrogens with two attached hydrogens (primary N) is 1. The van der Waals surface area contributed by atoms with E-state index in [0.29, 0.717) is 18.4 Å². The largest absolute Gasteiger partial charge is 0.444 e. The Kier molecular flexibility index (Phi) is 6.42. The van der Waals surface area contributed by atoms with E-state index in [1.807, 2.05) is 30.3 Å². The van der Waals surface area contributed by atoms with Crippen LogP contribution in [0.1, 0.15) is 12.1 Å². The van der Waals surface area contributed by atoms with Gasteiger partial charge in [-0.05, 0) is 25.1 Å². The van der Waals surface area contributed by atoms with Crippen molar-refractivity contribution >= 4 is 5.96 Å². The Morgan fingerprint density at radius 1 is 1.24 bits per heavy atom. The minimum atomic E-state index is 0.401. The smallest absolute Gasteiger partial charge is 0.226 e. The van der Waals surface area contributed by atoms with Crippen LogP contribution in [0.25, 0.3) is 11.5 Å². The standard InChI is InChI=1S/C18H25N5O2/c19-18(20-7-4-8-23-9-11-24-12-10-23)21-13-16-14-25-17(22-16)15-5-2-1-3-6-15/h1-3,5-6,14H,4,7-13H2,(H3,19,20,21). The molecule has 25 heavy (non-hydrogen) atoms. The van der Waals surface area contributed by atoms with E-state index in [1.165, 1.54) is 0 Å². The first kappa shape index (κ1) is 17.4. The Bertz CT molecular complexity index is 665. The van der Waals surface area contributed by atoms with Crippen molar-refractivity contribution in [3.05, 3.63) is 42.3 Å². The van der Waals surface area contributed by atoms with Crippen LogP contribution in [0.15, 0.2) is 46.0 Å². The lowest BCUT2D eigenvalue weighted by atomic mass is 10.2. The number of guanidine groups is 1. The molecule has 0 amide bonds. The summed E-state index contributed by atoms with van der Waals surface area (Å²) < 4.78 is 10.8. The zero-order chi connectivity index (χ0) is 17.3. The van der Waals surface area contributed by atoms with Crippen molar-refractivity contribution < 1.29 is 9.15 Å². The third kappa shape index (κ3) is 5.58. The summed E-state index contributed by atoms with van der Waals surface area (Å²) in [5, 5.41) is 3.14. The number of oxazole rings is 1. The fraction of sp³-hybridized carbons (Fsp3) is 0.444. The number of hydrogen-bond donors (Lipinski definition) is 2. The second-order valence-corrected chi connectivity index (χ2v) is 5.95. The lowest BCUT2D eigenvalue weighted by Gasteiger charge is -2.26. The Morgan fingerprint density at radius 3 is 2.84 bits per heavy atom. The number of benzene rings is 1. The van der Waals surface area contributed by atoms with Gasteiger partial charge in [-0.3, -0.25) is 4.90 Å². The van der Waals surface area contributed by atoms with Crippen LogP contribution in [0.4, 0.5) is 0 Å². The molecule has 3 rings (SSSR count). The molecule has 7 nitrogen and oxygen atoms in total. The Hall–Kier alpha value is -2.38. The van der Waals surface area contributed by atoms with Gasteiger partial charge in [0.05, 0.1) is 19.8 Å². The van der Waals surface area contributed by atoms with Crippen molar-refractivity contribution in [2.75, 3.05) is 39.4 Å². The lowest BCUT2D eigenvalue weighted by Crippen LogP contribution is -2.39. The summed E-state index contributed by atoms with van der Waals surface area (Å²) in [6.45, 7) is 5.95. The SMILES string of the molecule is NC(=NCc1coc(-c2ccccc2)n1)NCCCN1CCOCC1. The van der Waals surface area contributed by atoms with Gasteiger partial charge in [-0.15, -0.1) is 0 Å². The van der Waals surface area contributed by atoms with Gasteiger partial charge >= 0.3 is 0 Å². The fourth-order valence-corrected chi connectivity index (χ4v) is 2.66. The normalized spacial score (nSPS) is 16.1. The molecule has 1 aliphatic heterocycles. The number of aliphatic imine (C=N–C) groups is 1. The monoisotopic (exact) mass is 343 g/mol. The molecule has 2 aromatic rings. The van der Waals surface area contributed by atoms with Crippen molar-refractivity contribution in [2.24, 2.45) is 10.7 Å². The van der Waals surface area contributed by atoms with Gasteiger partial charge in [-0.1, -0.05) is 18.2 Å². The number of hydrogen-bond acceptors (Lipinski definition) is 5. The van der Waals surface area contributed by atoms with E-state index >= 15 is 0 Å². The molecule has 0 aliphatic carbocycles. The molecule has 1 fully saturated rings. The summed E-state index contributed by atoms with van der Waals surface area (Å²) in [5.41, 5.74) is 7.62. The van der Waals surface area contributed by atoms with Crippen LogP contribution in [-0.2, 0) is 11.3 Å². The molecule has 1 aromatic carbocycles. The van der Waals surface area contributed by atoms with E-state index in [4.69, 9.17) is 14.9 Å². The third-order valence-electron chi connectivity index (χ3n) is 4.04. The average molecular weight is 343 g/mol. The summed E-state index contributed by atoms with van der Waals surface area (Å²) in [7, 11) is 0. The molecule has 134 valence electrons. The summed E-state index contributed by atoms with van der Waals surface area (Å²) in [4.78, 5) is 11.1. The van der Waals surface area contributed by atoms with E-state index in [1.54, 1.807) is 6.26 Å². The molecule has 0 spiro atoms. The molecule has 0 atom stereocenters. The van der Waals surface area contributed by atoms with E-state index < -0.39 is 0 Å². The van der Waals surface area contributed by atoms with Crippen LogP contribution >= 0.6 is 0 Å². The van der Waals surface area contributed by atoms with E-state index in [9.17, 15) is 0 Å². The second kappa shape index (κ2) is 9.19. The van der Waals surface area contributed by atoms with Gasteiger partial charge in [0.15, 0.2) is 5.96 Å². The second-order valence-electron chi connectivity index (χ2n) is 5.95. The molecule has 2 heterocycles. The maximum absolute atomic E-state index is 5.91. The maximum Gasteiger partial charge on any atom is 0.226 e. The Morgan fingerprint density at radius 2 is 2.04 bits per heavy atom. The van der Waals surface area contributed by atoms with Crippen LogP contribution in [0.5, 0.6) is 0 Å². The van der Waals surface area contributed by atoms with Gasteiger partial charge < -0.3 is 20.2 Å². The van der Waals surface area contributed by atoms with E-state index in [2.05, 4.69) is 20.2 Å². The van der Waals surface area contributed by atoms with Gasteiger partial charge in [-0.2, -0.15) is 0 Å². The molecule has 1 aromatic heterocycles. The molecule has 0 unspecified atom stereocenters. The van der Waals surface area contributed by atoms with Crippen molar-refractivity contribution in [1.82, 2.24) is 15.2 Å². The van der Waals surface area contributed by atoms with Gasteiger partial charge in [-0.25, -0.2) is 9.98 Å². The van der Waals surface area contributed by atoms with Crippen LogP contribution in [-0.4, -0.2) is 55.2 Å². The first-order valence-electron chi connectivity index (χ1n) is 8.65. The summed E-state index contributed by atoms with van der Waals surface area (Å²) in [5.74, 6) is 1.04. The summed E-state index contributed by atoms with van der Waals surface area (Å²) in [6, 6.07) is 9.79. The molecular formula is C18H25N5O2. The van der Waals surface area contributed by atoms with Crippen molar-refractivity contribution in [3.63, 3.8) is 0 Å². The fourth-order valence-electron chi connectivity index (χ4n) is 2.66. The quantitative estimate of drug-likeness (QED) is 0.450. The first-order chi connectivity index (χ1) is 12.3. The van der Waals surface area contributed by atoms with E-state index in [-0.39, 0.29) is 0 Å². The highest BCUT2D eigenvalue weighted by atomic mass is 16.5. The molecule has 7 heteroatoms. The topological polar surface area (TPSA) is 88.9 Å². The Balaban J connectivity index is 1.38. The first-order valence-corrected chi connectivity index (χ1v) is 8.65. The van der Waals surface area contributed by atoms with Gasteiger partial charge in [0.2, 0.25) is 5.89 Å². The number of rotatable bonds is 7. The summed E-state index contributed by atoms with van der Waals surface area (Å²) in [6.07, 6.45) is 2.65.